The number of hydrogen-bond donors (Lipinski definition) is 2. The van der Waals surface area contributed by atoms with Gasteiger partial charge in [-0.3, -0.25) is 14.4 Å². The largest absolute Gasteiger partial charge is 0.493 e. The van der Waals surface area contributed by atoms with Crippen molar-refractivity contribution in [2.75, 3.05) is 5.43 Å². The molecule has 0 aliphatic carbocycles. The van der Waals surface area contributed by atoms with Crippen molar-refractivity contribution in [1.29, 1.82) is 0 Å². The number of nitrogens with one attached hydrogen (secondary N) is 1. The fourth-order valence-corrected chi connectivity index (χ4v) is 4.11. The van der Waals surface area contributed by atoms with E-state index in [1.165, 1.54) is 29.6 Å². The lowest BCUT2D eigenvalue weighted by Crippen LogP contribution is -2.14. The minimum Gasteiger partial charge on any atom is -0.493 e. The van der Waals surface area contributed by atoms with Crippen LogP contribution in [0.3, 0.4) is 0 Å². The van der Waals surface area contributed by atoms with Gasteiger partial charge in [-0.05, 0) is 26.0 Å². The molecule has 0 amide bonds. The van der Waals surface area contributed by atoms with Crippen LogP contribution in [0.15, 0.2) is 40.4 Å². The molecule has 0 radical (unpaired) electrons. The molecule has 140 valence electrons. The summed E-state index contributed by atoms with van der Waals surface area (Å²) in [4.78, 5) is 22.1. The zero-order valence-electron chi connectivity index (χ0n) is 15.1. The lowest BCUT2D eigenvalue weighted by Gasteiger charge is -1.99. The summed E-state index contributed by atoms with van der Waals surface area (Å²) in [5, 5.41) is 15.3. The molecule has 0 saturated heterocycles. The Kier molecular flexibility index (Phi) is 5.82. The Balaban J connectivity index is 1.89. The molecular weight excluding hydrogens is 382 g/mol. The van der Waals surface area contributed by atoms with E-state index in [2.05, 4.69) is 20.5 Å². The summed E-state index contributed by atoms with van der Waals surface area (Å²) >= 11 is 2.57. The van der Waals surface area contributed by atoms with Gasteiger partial charge in [-0.25, -0.2) is 10.4 Å². The van der Waals surface area contributed by atoms with Gasteiger partial charge in [0, 0.05) is 13.5 Å². The van der Waals surface area contributed by atoms with Crippen molar-refractivity contribution >= 4 is 45.5 Å². The highest BCUT2D eigenvalue weighted by Gasteiger charge is 2.12. The Hall–Kier alpha value is -2.78. The van der Waals surface area contributed by atoms with Gasteiger partial charge in [-0.15, -0.1) is 5.10 Å². The van der Waals surface area contributed by atoms with Crippen LogP contribution in [-0.2, 0) is 6.54 Å². The summed E-state index contributed by atoms with van der Waals surface area (Å²) < 4.78 is 1.68. The number of aromatic hydroxyl groups is 1. The summed E-state index contributed by atoms with van der Waals surface area (Å²) in [7, 11) is 0. The van der Waals surface area contributed by atoms with E-state index in [9.17, 15) is 9.90 Å². The van der Waals surface area contributed by atoms with Crippen LogP contribution in [0.2, 0.25) is 0 Å². The molecule has 0 atom stereocenters. The fraction of sp³-hybridized carbons (Fsp3) is 0.222. The minimum atomic E-state index is -0.0187. The van der Waals surface area contributed by atoms with E-state index in [1.54, 1.807) is 17.7 Å². The second-order valence-corrected chi connectivity index (χ2v) is 7.63. The van der Waals surface area contributed by atoms with Crippen LogP contribution in [0.1, 0.15) is 34.1 Å². The highest BCUT2D eigenvalue weighted by molar-refractivity contribution is 7.17. The van der Waals surface area contributed by atoms with E-state index in [-0.39, 0.29) is 11.7 Å². The van der Waals surface area contributed by atoms with Gasteiger partial charge in [0.25, 0.3) is 0 Å². The number of anilines is 1. The number of carbonyl (C=O) groups is 1. The number of Topliss-reactive ketones (excluding diaryl/α,β-unsaturated/α-hetero) is 1. The van der Waals surface area contributed by atoms with Crippen LogP contribution < -0.4 is 10.2 Å². The number of ketones is 1. The summed E-state index contributed by atoms with van der Waals surface area (Å²) in [6.45, 7) is 5.78. The Bertz CT molecular complexity index is 1050. The van der Waals surface area contributed by atoms with Gasteiger partial charge in [0.05, 0.1) is 22.5 Å². The maximum Gasteiger partial charge on any atom is 0.212 e. The molecule has 0 unspecified atom stereocenters. The molecule has 3 aromatic rings. The average Bonchev–Trinajstić information content (AvgIpc) is 3.18. The van der Waals surface area contributed by atoms with E-state index >= 15 is 0 Å². The van der Waals surface area contributed by atoms with Crippen LogP contribution in [0.25, 0.3) is 0 Å². The van der Waals surface area contributed by atoms with Gasteiger partial charge >= 0.3 is 0 Å². The van der Waals surface area contributed by atoms with Crippen molar-refractivity contribution in [1.82, 2.24) is 9.55 Å². The van der Waals surface area contributed by atoms with Crippen LogP contribution in [0.4, 0.5) is 10.8 Å². The molecule has 0 spiro atoms. The second-order valence-electron chi connectivity index (χ2n) is 5.62. The zero-order valence-corrected chi connectivity index (χ0v) is 16.8. The molecule has 2 heterocycles. The SMILES string of the molecule is CCn1c(O)c(C=Nc2ccccc2)s/c1=N/Nc1nc(C)c(C(C)=O)s1. The minimum absolute atomic E-state index is 0.0187. The van der Waals surface area contributed by atoms with Crippen molar-refractivity contribution in [3.63, 3.8) is 0 Å². The third kappa shape index (κ3) is 4.32. The van der Waals surface area contributed by atoms with Crippen LogP contribution >= 0.6 is 22.7 Å². The topological polar surface area (TPSA) is 91.9 Å². The predicted octanol–water partition coefficient (Wildman–Crippen LogP) is 3.92. The summed E-state index contributed by atoms with van der Waals surface area (Å²) in [6.07, 6.45) is 1.63. The Morgan fingerprint density at radius 1 is 1.33 bits per heavy atom. The van der Waals surface area contributed by atoms with Crippen molar-refractivity contribution < 1.29 is 9.90 Å². The van der Waals surface area contributed by atoms with Gasteiger partial charge in [-0.1, -0.05) is 40.9 Å². The number of benzene rings is 1. The Morgan fingerprint density at radius 3 is 2.70 bits per heavy atom. The zero-order chi connectivity index (χ0) is 19.4. The second kappa shape index (κ2) is 8.28. The first kappa shape index (κ1) is 19.0. The number of thiazole rings is 2. The first-order chi connectivity index (χ1) is 13.0. The first-order valence-electron chi connectivity index (χ1n) is 8.29. The summed E-state index contributed by atoms with van der Waals surface area (Å²) in [5.41, 5.74) is 4.36. The molecule has 7 nitrogen and oxygen atoms in total. The summed E-state index contributed by atoms with van der Waals surface area (Å²) in [5.74, 6) is 0.0947. The molecule has 0 saturated carbocycles. The van der Waals surface area contributed by atoms with Gasteiger partial charge in [0.2, 0.25) is 15.8 Å². The van der Waals surface area contributed by atoms with E-state index < -0.39 is 0 Å². The van der Waals surface area contributed by atoms with Crippen LogP contribution in [0.5, 0.6) is 5.88 Å². The Morgan fingerprint density at radius 2 is 2.07 bits per heavy atom. The Labute approximate surface area is 164 Å². The van der Waals surface area contributed by atoms with E-state index in [0.717, 1.165) is 5.69 Å². The van der Waals surface area contributed by atoms with Crippen molar-refractivity contribution in [3.05, 3.63) is 50.6 Å². The number of nitrogens with zero attached hydrogens (tertiary/aromatic N) is 4. The molecule has 9 heteroatoms. The number of carbonyl (C=O) groups excluding carboxylic acids is 1. The number of aryl methyl sites for hydroxylation is 1. The average molecular weight is 402 g/mol. The standard InChI is InChI=1S/C18H19N5O2S2/c1-4-23-16(25)14(10-19-13-8-6-5-7-9-13)26-18(23)22-21-17-20-11(2)15(27-17)12(3)24/h5-10,25H,4H2,1-3H3,(H,20,21)/b19-10?,22-18+. The molecule has 0 bridgehead atoms. The van der Waals surface area contributed by atoms with Crippen molar-refractivity contribution in [3.8, 4) is 5.88 Å². The lowest BCUT2D eigenvalue weighted by molar-refractivity contribution is 0.102. The van der Waals surface area contributed by atoms with E-state index in [4.69, 9.17) is 0 Å². The third-order valence-corrected chi connectivity index (χ3v) is 5.84. The van der Waals surface area contributed by atoms with E-state index in [0.29, 0.717) is 31.9 Å². The highest BCUT2D eigenvalue weighted by atomic mass is 32.1. The van der Waals surface area contributed by atoms with Crippen molar-refractivity contribution in [2.24, 2.45) is 10.1 Å². The third-order valence-electron chi connectivity index (χ3n) is 3.68. The molecule has 0 fully saturated rings. The lowest BCUT2D eigenvalue weighted by atomic mass is 10.3. The molecular formula is C18H19N5O2S2. The van der Waals surface area contributed by atoms with Gasteiger partial charge in [-0.2, -0.15) is 0 Å². The van der Waals surface area contributed by atoms with Crippen molar-refractivity contribution in [2.45, 2.75) is 27.3 Å². The number of hydrogen-bond acceptors (Lipinski definition) is 8. The molecule has 1 aromatic carbocycles. The monoisotopic (exact) mass is 401 g/mol. The fourth-order valence-electron chi connectivity index (χ4n) is 2.39. The first-order valence-corrected chi connectivity index (χ1v) is 9.92. The molecule has 3 rings (SSSR count). The molecule has 2 N–H and O–H groups in total. The van der Waals surface area contributed by atoms with Gasteiger partial charge in [0.15, 0.2) is 5.78 Å². The quantitative estimate of drug-likeness (QED) is 0.372. The highest BCUT2D eigenvalue weighted by Crippen LogP contribution is 2.23. The number of aliphatic imine (C=N–C) groups is 1. The van der Waals surface area contributed by atoms with E-state index in [1.807, 2.05) is 37.3 Å². The number of rotatable bonds is 6. The molecule has 2 aromatic heterocycles. The summed E-state index contributed by atoms with van der Waals surface area (Å²) in [6, 6.07) is 9.51. The molecule has 27 heavy (non-hydrogen) atoms. The van der Waals surface area contributed by atoms with Gasteiger partial charge < -0.3 is 5.11 Å². The van der Waals surface area contributed by atoms with Crippen LogP contribution in [0, 0.1) is 6.92 Å². The maximum atomic E-state index is 11.6. The molecule has 0 aliphatic rings. The number of para-hydroxylation sites is 1. The number of aromatic nitrogens is 2. The predicted molar refractivity (Wildman–Crippen MR) is 109 cm³/mol. The smallest absolute Gasteiger partial charge is 0.212 e. The molecule has 0 aliphatic heterocycles. The van der Waals surface area contributed by atoms with Gasteiger partial charge in [0.1, 0.15) is 4.88 Å². The van der Waals surface area contributed by atoms with Crippen LogP contribution in [-0.4, -0.2) is 26.7 Å². The normalized spacial score (nSPS) is 12.0. The maximum absolute atomic E-state index is 11.6.